The number of carbonyl (C=O) groups is 1. The van der Waals surface area contributed by atoms with Gasteiger partial charge in [-0.25, -0.2) is 4.98 Å². The van der Waals surface area contributed by atoms with Crippen molar-refractivity contribution in [2.24, 2.45) is 0 Å². The molecule has 1 fully saturated rings. The number of hydrogen-bond donors (Lipinski definition) is 0. The largest absolute Gasteiger partial charge is 0.337 e. The number of nitrogens with zero attached hydrogens (tertiary/aromatic N) is 5. The van der Waals surface area contributed by atoms with Gasteiger partial charge in [0.25, 0.3) is 5.91 Å². The van der Waals surface area contributed by atoms with Crippen LogP contribution in [0.3, 0.4) is 0 Å². The molecule has 0 saturated carbocycles. The van der Waals surface area contributed by atoms with E-state index in [2.05, 4.69) is 26.4 Å². The number of hydrogen-bond acceptors (Lipinski definition) is 4. The molecule has 4 rings (SSSR count). The Bertz CT molecular complexity index is 891. The van der Waals surface area contributed by atoms with Crippen molar-refractivity contribution in [1.82, 2.24) is 24.4 Å². The number of rotatable bonds is 3. The maximum atomic E-state index is 12.8. The van der Waals surface area contributed by atoms with E-state index in [-0.39, 0.29) is 11.9 Å². The van der Waals surface area contributed by atoms with E-state index in [1.807, 2.05) is 35.5 Å². The Morgan fingerprint density at radius 3 is 2.65 bits per heavy atom. The molecule has 26 heavy (non-hydrogen) atoms. The number of carbonyl (C=O) groups excluding carboxylic acids is 1. The average molecular weight is 347 g/mol. The Morgan fingerprint density at radius 1 is 1.12 bits per heavy atom. The van der Waals surface area contributed by atoms with E-state index in [4.69, 9.17) is 0 Å². The lowest BCUT2D eigenvalue weighted by Gasteiger charge is -2.34. The molecule has 1 aliphatic rings. The number of likely N-dealkylation sites (tertiary alicyclic amines) is 1. The lowest BCUT2D eigenvalue weighted by molar-refractivity contribution is 0.0678. The Kier molecular flexibility index (Phi) is 4.48. The molecule has 3 aromatic rings. The number of piperidine rings is 1. The summed E-state index contributed by atoms with van der Waals surface area (Å²) >= 11 is 0. The van der Waals surface area contributed by atoms with Crippen LogP contribution in [-0.2, 0) is 0 Å². The minimum atomic E-state index is 0.0449. The summed E-state index contributed by atoms with van der Waals surface area (Å²) in [5.74, 6) is 0.958. The van der Waals surface area contributed by atoms with E-state index in [0.717, 1.165) is 36.5 Å². The standard InChI is InChI=1S/C20H21N5O/c1-15-11-23-19(16-5-2-8-21-12-16)25(15)18-7-4-10-24(14-18)20(26)17-6-3-9-22-13-17/h2-3,5-6,8-9,11-13,18H,4,7,10,14H2,1H3. The van der Waals surface area contributed by atoms with Gasteiger partial charge in [0.1, 0.15) is 5.82 Å². The van der Waals surface area contributed by atoms with Crippen molar-refractivity contribution in [3.8, 4) is 11.4 Å². The van der Waals surface area contributed by atoms with Gasteiger partial charge in [0.05, 0.1) is 11.6 Å². The summed E-state index contributed by atoms with van der Waals surface area (Å²) in [4.78, 5) is 27.6. The first-order valence-electron chi connectivity index (χ1n) is 8.87. The van der Waals surface area contributed by atoms with Gasteiger partial charge in [0.2, 0.25) is 0 Å². The number of amides is 1. The van der Waals surface area contributed by atoms with Gasteiger partial charge in [0, 0.05) is 55.3 Å². The van der Waals surface area contributed by atoms with E-state index in [1.54, 1.807) is 24.7 Å². The highest BCUT2D eigenvalue weighted by Crippen LogP contribution is 2.29. The molecule has 1 saturated heterocycles. The van der Waals surface area contributed by atoms with Crippen molar-refractivity contribution < 1.29 is 4.79 Å². The van der Waals surface area contributed by atoms with Gasteiger partial charge in [-0.3, -0.25) is 14.8 Å². The lowest BCUT2D eigenvalue weighted by Crippen LogP contribution is -2.41. The van der Waals surface area contributed by atoms with Crippen molar-refractivity contribution >= 4 is 5.91 Å². The molecule has 1 atom stereocenters. The molecule has 0 N–H and O–H groups in total. The molecule has 0 spiro atoms. The highest BCUT2D eigenvalue weighted by molar-refractivity contribution is 5.93. The second-order valence-corrected chi connectivity index (χ2v) is 6.62. The van der Waals surface area contributed by atoms with E-state index < -0.39 is 0 Å². The van der Waals surface area contributed by atoms with Crippen LogP contribution < -0.4 is 0 Å². The van der Waals surface area contributed by atoms with Crippen molar-refractivity contribution in [2.45, 2.75) is 25.8 Å². The fraction of sp³-hybridized carbons (Fsp3) is 0.300. The van der Waals surface area contributed by atoms with E-state index in [1.165, 1.54) is 0 Å². The Morgan fingerprint density at radius 2 is 1.92 bits per heavy atom. The quantitative estimate of drug-likeness (QED) is 0.730. The topological polar surface area (TPSA) is 63.9 Å². The molecule has 1 unspecified atom stereocenters. The minimum Gasteiger partial charge on any atom is -0.337 e. The molecule has 6 nitrogen and oxygen atoms in total. The maximum absolute atomic E-state index is 12.8. The third-order valence-electron chi connectivity index (χ3n) is 4.86. The summed E-state index contributed by atoms with van der Waals surface area (Å²) in [6.45, 7) is 3.52. The summed E-state index contributed by atoms with van der Waals surface area (Å²) in [7, 11) is 0. The number of pyridine rings is 2. The minimum absolute atomic E-state index is 0.0449. The van der Waals surface area contributed by atoms with Gasteiger partial charge in [0.15, 0.2) is 0 Å². The summed E-state index contributed by atoms with van der Waals surface area (Å²) in [5, 5.41) is 0. The predicted molar refractivity (Wildman–Crippen MR) is 98.6 cm³/mol. The zero-order valence-corrected chi connectivity index (χ0v) is 14.7. The number of aromatic nitrogens is 4. The molecule has 1 amide bonds. The first kappa shape index (κ1) is 16.4. The smallest absolute Gasteiger partial charge is 0.255 e. The molecular weight excluding hydrogens is 326 g/mol. The van der Waals surface area contributed by atoms with Crippen molar-refractivity contribution in [3.05, 3.63) is 66.5 Å². The van der Waals surface area contributed by atoms with Crippen LogP contribution in [0.5, 0.6) is 0 Å². The van der Waals surface area contributed by atoms with Crippen LogP contribution in [0, 0.1) is 6.92 Å². The first-order valence-corrected chi connectivity index (χ1v) is 8.87. The molecule has 132 valence electrons. The SMILES string of the molecule is Cc1cnc(-c2cccnc2)n1C1CCCN(C(=O)c2cccnc2)C1. The van der Waals surface area contributed by atoms with Gasteiger partial charge in [-0.1, -0.05) is 0 Å². The van der Waals surface area contributed by atoms with Crippen LogP contribution >= 0.6 is 0 Å². The highest BCUT2D eigenvalue weighted by Gasteiger charge is 2.28. The predicted octanol–water partition coefficient (Wildman–Crippen LogP) is 3.13. The maximum Gasteiger partial charge on any atom is 0.255 e. The Hall–Kier alpha value is -3.02. The van der Waals surface area contributed by atoms with Crippen LogP contribution in [0.2, 0.25) is 0 Å². The molecule has 0 aliphatic carbocycles. The Balaban J connectivity index is 1.61. The van der Waals surface area contributed by atoms with Crippen LogP contribution in [0.15, 0.2) is 55.2 Å². The fourth-order valence-corrected chi connectivity index (χ4v) is 3.64. The highest BCUT2D eigenvalue weighted by atomic mass is 16.2. The molecule has 0 bridgehead atoms. The molecular formula is C20H21N5O. The third-order valence-corrected chi connectivity index (χ3v) is 4.86. The van der Waals surface area contributed by atoms with Crippen LogP contribution in [0.1, 0.15) is 34.9 Å². The van der Waals surface area contributed by atoms with Crippen LogP contribution in [0.25, 0.3) is 11.4 Å². The van der Waals surface area contributed by atoms with E-state index in [0.29, 0.717) is 12.1 Å². The second kappa shape index (κ2) is 7.07. The van der Waals surface area contributed by atoms with Gasteiger partial charge in [-0.05, 0) is 44.0 Å². The van der Waals surface area contributed by atoms with Crippen molar-refractivity contribution in [1.29, 1.82) is 0 Å². The summed E-state index contributed by atoms with van der Waals surface area (Å²) in [6, 6.07) is 7.77. The van der Waals surface area contributed by atoms with Gasteiger partial charge >= 0.3 is 0 Å². The summed E-state index contributed by atoms with van der Waals surface area (Å²) < 4.78 is 2.25. The lowest BCUT2D eigenvalue weighted by atomic mass is 10.0. The summed E-state index contributed by atoms with van der Waals surface area (Å²) in [5.41, 5.74) is 2.74. The van der Waals surface area contributed by atoms with Crippen LogP contribution in [-0.4, -0.2) is 43.4 Å². The fourth-order valence-electron chi connectivity index (χ4n) is 3.64. The molecule has 3 aromatic heterocycles. The monoisotopic (exact) mass is 347 g/mol. The zero-order valence-electron chi connectivity index (χ0n) is 14.7. The van der Waals surface area contributed by atoms with Gasteiger partial charge < -0.3 is 9.47 Å². The molecule has 0 aromatic carbocycles. The molecule has 0 radical (unpaired) electrons. The number of aryl methyl sites for hydroxylation is 1. The molecule has 1 aliphatic heterocycles. The summed E-state index contributed by atoms with van der Waals surface area (Å²) in [6.07, 6.45) is 10.8. The van der Waals surface area contributed by atoms with E-state index in [9.17, 15) is 4.79 Å². The normalized spacial score (nSPS) is 17.3. The van der Waals surface area contributed by atoms with Crippen LogP contribution in [0.4, 0.5) is 0 Å². The van der Waals surface area contributed by atoms with E-state index >= 15 is 0 Å². The van der Waals surface area contributed by atoms with Crippen molar-refractivity contribution in [2.75, 3.05) is 13.1 Å². The number of imidazole rings is 1. The van der Waals surface area contributed by atoms with Gasteiger partial charge in [-0.15, -0.1) is 0 Å². The van der Waals surface area contributed by atoms with Gasteiger partial charge in [-0.2, -0.15) is 0 Å². The third kappa shape index (κ3) is 3.10. The first-order chi connectivity index (χ1) is 12.7. The second-order valence-electron chi connectivity index (χ2n) is 6.62. The zero-order chi connectivity index (χ0) is 17.9. The Labute approximate surface area is 152 Å². The van der Waals surface area contributed by atoms with Crippen molar-refractivity contribution in [3.63, 3.8) is 0 Å². The molecule has 4 heterocycles. The molecule has 6 heteroatoms. The average Bonchev–Trinajstić information content (AvgIpc) is 3.10.